The fourth-order valence-electron chi connectivity index (χ4n) is 2.39. The van der Waals surface area contributed by atoms with E-state index in [0.29, 0.717) is 12.3 Å². The van der Waals surface area contributed by atoms with Crippen molar-refractivity contribution in [2.24, 2.45) is 0 Å². The van der Waals surface area contributed by atoms with E-state index in [1.54, 1.807) is 18.0 Å². The minimum atomic E-state index is 0.0893. The molecule has 0 saturated carbocycles. The van der Waals surface area contributed by atoms with Crippen LogP contribution in [0.25, 0.3) is 0 Å². The summed E-state index contributed by atoms with van der Waals surface area (Å²) in [6.07, 6.45) is 4.44. The SMILES string of the molecule is O=C1CSC(c2ccc(Cl)cc2)N1CCc1cccnc1. The topological polar surface area (TPSA) is 33.2 Å². The summed E-state index contributed by atoms with van der Waals surface area (Å²) in [5.74, 6) is 0.740. The van der Waals surface area contributed by atoms with Gasteiger partial charge in [-0.3, -0.25) is 9.78 Å². The van der Waals surface area contributed by atoms with Gasteiger partial charge in [0.15, 0.2) is 0 Å². The van der Waals surface area contributed by atoms with Crippen LogP contribution in [0.4, 0.5) is 0 Å². The van der Waals surface area contributed by atoms with Gasteiger partial charge in [0, 0.05) is 24.0 Å². The zero-order valence-electron chi connectivity index (χ0n) is 11.4. The molecule has 0 bridgehead atoms. The Bertz CT molecular complexity index is 618. The second-order valence-electron chi connectivity index (χ2n) is 4.91. The van der Waals surface area contributed by atoms with Crippen molar-refractivity contribution in [3.63, 3.8) is 0 Å². The molecule has 1 aromatic heterocycles. The summed E-state index contributed by atoms with van der Waals surface area (Å²) in [6.45, 7) is 0.713. The summed E-state index contributed by atoms with van der Waals surface area (Å²) in [6, 6.07) is 11.7. The van der Waals surface area contributed by atoms with E-state index in [1.165, 1.54) is 0 Å². The summed E-state index contributed by atoms with van der Waals surface area (Å²) in [5.41, 5.74) is 2.28. The molecule has 0 radical (unpaired) electrons. The van der Waals surface area contributed by atoms with Gasteiger partial charge in [0.05, 0.1) is 5.75 Å². The minimum Gasteiger partial charge on any atom is -0.325 e. The lowest BCUT2D eigenvalue weighted by Crippen LogP contribution is -2.30. The lowest BCUT2D eigenvalue weighted by molar-refractivity contribution is -0.128. The number of carbonyl (C=O) groups is 1. The number of carbonyl (C=O) groups excluding carboxylic acids is 1. The highest BCUT2D eigenvalue weighted by molar-refractivity contribution is 8.00. The number of nitrogens with zero attached hydrogens (tertiary/aromatic N) is 2. The van der Waals surface area contributed by atoms with E-state index in [4.69, 9.17) is 11.6 Å². The average Bonchev–Trinajstić information content (AvgIpc) is 2.88. The third kappa shape index (κ3) is 3.39. The zero-order valence-corrected chi connectivity index (χ0v) is 13.0. The molecule has 1 aliphatic heterocycles. The first kappa shape index (κ1) is 14.4. The molecule has 0 N–H and O–H groups in total. The van der Waals surface area contributed by atoms with Crippen LogP contribution in [-0.2, 0) is 11.2 Å². The van der Waals surface area contributed by atoms with E-state index < -0.39 is 0 Å². The van der Waals surface area contributed by atoms with Crippen LogP contribution in [0.5, 0.6) is 0 Å². The maximum absolute atomic E-state index is 12.1. The summed E-state index contributed by atoms with van der Waals surface area (Å²) in [5, 5.41) is 0.807. The molecule has 1 aliphatic rings. The lowest BCUT2D eigenvalue weighted by Gasteiger charge is -2.24. The van der Waals surface area contributed by atoms with Crippen molar-refractivity contribution in [3.8, 4) is 0 Å². The Morgan fingerprint density at radius 1 is 1.29 bits per heavy atom. The molecule has 2 heterocycles. The first-order valence-electron chi connectivity index (χ1n) is 6.79. The van der Waals surface area contributed by atoms with Gasteiger partial charge in [0.2, 0.25) is 5.91 Å². The first-order valence-corrected chi connectivity index (χ1v) is 8.22. The number of hydrogen-bond donors (Lipinski definition) is 0. The van der Waals surface area contributed by atoms with Gasteiger partial charge in [-0.25, -0.2) is 0 Å². The van der Waals surface area contributed by atoms with E-state index in [0.717, 1.165) is 22.6 Å². The lowest BCUT2D eigenvalue weighted by atomic mass is 10.1. The Morgan fingerprint density at radius 2 is 2.10 bits per heavy atom. The van der Waals surface area contributed by atoms with Crippen LogP contribution < -0.4 is 0 Å². The number of rotatable bonds is 4. The molecule has 21 heavy (non-hydrogen) atoms. The number of halogens is 1. The van der Waals surface area contributed by atoms with E-state index in [1.807, 2.05) is 47.5 Å². The van der Waals surface area contributed by atoms with Gasteiger partial charge in [0.25, 0.3) is 0 Å². The molecule has 1 unspecified atom stereocenters. The van der Waals surface area contributed by atoms with E-state index in [9.17, 15) is 4.79 Å². The van der Waals surface area contributed by atoms with Crippen molar-refractivity contribution >= 4 is 29.3 Å². The minimum absolute atomic E-state index is 0.0893. The standard InChI is InChI=1S/C16H15ClN2OS/c17-14-5-3-13(4-6-14)16-19(15(20)11-21-16)9-7-12-2-1-8-18-10-12/h1-6,8,10,16H,7,9,11H2. The summed E-state index contributed by atoms with van der Waals surface area (Å²) in [4.78, 5) is 18.2. The molecule has 2 aromatic rings. The van der Waals surface area contributed by atoms with Gasteiger partial charge in [-0.1, -0.05) is 29.8 Å². The van der Waals surface area contributed by atoms with Crippen LogP contribution in [0.1, 0.15) is 16.5 Å². The predicted molar refractivity (Wildman–Crippen MR) is 86.3 cm³/mol. The van der Waals surface area contributed by atoms with Gasteiger partial charge in [-0.2, -0.15) is 0 Å². The monoisotopic (exact) mass is 318 g/mol. The van der Waals surface area contributed by atoms with Gasteiger partial charge in [-0.05, 0) is 35.7 Å². The van der Waals surface area contributed by atoms with Gasteiger partial charge in [-0.15, -0.1) is 11.8 Å². The molecule has 1 amide bonds. The van der Waals surface area contributed by atoms with Gasteiger partial charge < -0.3 is 4.90 Å². The molecular formula is C16H15ClN2OS. The van der Waals surface area contributed by atoms with Crippen LogP contribution in [0.3, 0.4) is 0 Å². The normalized spacial score (nSPS) is 18.2. The Morgan fingerprint density at radius 3 is 2.81 bits per heavy atom. The molecule has 1 saturated heterocycles. The number of benzene rings is 1. The van der Waals surface area contributed by atoms with Crippen molar-refractivity contribution in [2.75, 3.05) is 12.3 Å². The van der Waals surface area contributed by atoms with E-state index in [2.05, 4.69) is 4.98 Å². The number of hydrogen-bond acceptors (Lipinski definition) is 3. The summed E-state index contributed by atoms with van der Waals surface area (Å²) < 4.78 is 0. The maximum atomic E-state index is 12.1. The quantitative estimate of drug-likeness (QED) is 0.864. The molecule has 5 heteroatoms. The summed E-state index contributed by atoms with van der Waals surface area (Å²) in [7, 11) is 0. The second-order valence-corrected chi connectivity index (χ2v) is 6.42. The molecular weight excluding hydrogens is 304 g/mol. The number of thioether (sulfide) groups is 1. The molecule has 3 rings (SSSR count). The summed E-state index contributed by atoms with van der Waals surface area (Å²) >= 11 is 7.60. The first-order chi connectivity index (χ1) is 10.2. The Labute approximate surface area is 133 Å². The number of amides is 1. The smallest absolute Gasteiger partial charge is 0.233 e. The van der Waals surface area contributed by atoms with E-state index in [-0.39, 0.29) is 11.3 Å². The molecule has 1 aromatic carbocycles. The van der Waals surface area contributed by atoms with Crippen LogP contribution >= 0.6 is 23.4 Å². The molecule has 1 fully saturated rings. The molecule has 0 aliphatic carbocycles. The van der Waals surface area contributed by atoms with Crippen LogP contribution in [-0.4, -0.2) is 28.1 Å². The third-order valence-electron chi connectivity index (χ3n) is 3.49. The fraction of sp³-hybridized carbons (Fsp3) is 0.250. The number of pyridine rings is 1. The van der Waals surface area contributed by atoms with Crippen molar-refractivity contribution in [1.82, 2.24) is 9.88 Å². The molecule has 3 nitrogen and oxygen atoms in total. The average molecular weight is 319 g/mol. The third-order valence-corrected chi connectivity index (χ3v) is 5.00. The van der Waals surface area contributed by atoms with Crippen molar-refractivity contribution < 1.29 is 4.79 Å². The largest absolute Gasteiger partial charge is 0.325 e. The zero-order chi connectivity index (χ0) is 14.7. The maximum Gasteiger partial charge on any atom is 0.233 e. The molecule has 1 atom stereocenters. The van der Waals surface area contributed by atoms with Crippen molar-refractivity contribution in [1.29, 1.82) is 0 Å². The number of aromatic nitrogens is 1. The van der Waals surface area contributed by atoms with Crippen molar-refractivity contribution in [2.45, 2.75) is 11.8 Å². The Balaban J connectivity index is 1.72. The fourth-order valence-corrected chi connectivity index (χ4v) is 3.74. The highest BCUT2D eigenvalue weighted by Gasteiger charge is 2.32. The molecule has 108 valence electrons. The van der Waals surface area contributed by atoms with Gasteiger partial charge >= 0.3 is 0 Å². The Kier molecular flexibility index (Phi) is 4.46. The second kappa shape index (κ2) is 6.50. The molecule has 0 spiro atoms. The van der Waals surface area contributed by atoms with Crippen LogP contribution in [0, 0.1) is 0 Å². The van der Waals surface area contributed by atoms with Gasteiger partial charge in [0.1, 0.15) is 5.37 Å². The van der Waals surface area contributed by atoms with Crippen molar-refractivity contribution in [3.05, 3.63) is 64.9 Å². The van der Waals surface area contributed by atoms with Crippen LogP contribution in [0.15, 0.2) is 48.8 Å². The predicted octanol–water partition coefficient (Wildman–Crippen LogP) is 3.55. The van der Waals surface area contributed by atoms with Crippen LogP contribution in [0.2, 0.25) is 5.02 Å². The Hall–Kier alpha value is -1.52. The highest BCUT2D eigenvalue weighted by Crippen LogP contribution is 2.38. The van der Waals surface area contributed by atoms with E-state index >= 15 is 0 Å². The highest BCUT2D eigenvalue weighted by atomic mass is 35.5.